The lowest BCUT2D eigenvalue weighted by atomic mass is 10.1. The number of nitrogens with zero attached hydrogens (tertiary/aromatic N) is 3. The van der Waals surface area contributed by atoms with Gasteiger partial charge < -0.3 is 10.2 Å². The Hall–Kier alpha value is -2.15. The van der Waals surface area contributed by atoms with E-state index in [1.165, 1.54) is 11.3 Å². The van der Waals surface area contributed by atoms with Gasteiger partial charge in [-0.2, -0.15) is 5.10 Å². The number of amides is 2. The summed E-state index contributed by atoms with van der Waals surface area (Å²) < 4.78 is 1.80. The summed E-state index contributed by atoms with van der Waals surface area (Å²) in [5.74, 6) is 0.0204. The van der Waals surface area contributed by atoms with Crippen LogP contribution in [0.5, 0.6) is 0 Å². The quantitative estimate of drug-likeness (QED) is 0.923. The van der Waals surface area contributed by atoms with E-state index in [1.54, 1.807) is 10.9 Å². The highest BCUT2D eigenvalue weighted by molar-refractivity contribution is 7.12. The molecule has 1 saturated heterocycles. The van der Waals surface area contributed by atoms with E-state index in [0.29, 0.717) is 17.3 Å². The molecule has 2 amide bonds. The Morgan fingerprint density at radius 1 is 1.42 bits per heavy atom. The molecule has 6 nitrogen and oxygen atoms in total. The van der Waals surface area contributed by atoms with E-state index in [0.717, 1.165) is 24.1 Å². The van der Waals surface area contributed by atoms with Crippen LogP contribution in [0.4, 0.5) is 0 Å². The third-order valence-electron chi connectivity index (χ3n) is 4.74. The maximum atomic E-state index is 12.6. The predicted octanol–water partition coefficient (Wildman–Crippen LogP) is 2.02. The number of likely N-dealkylation sites (tertiary alicyclic amines) is 1. The fourth-order valence-electron chi connectivity index (χ4n) is 3.48. The van der Waals surface area contributed by atoms with Crippen LogP contribution in [0.25, 0.3) is 0 Å². The zero-order valence-electron chi connectivity index (χ0n) is 13.7. The van der Waals surface area contributed by atoms with Gasteiger partial charge in [0.2, 0.25) is 5.91 Å². The summed E-state index contributed by atoms with van der Waals surface area (Å²) in [6.45, 7) is 1.97. The van der Waals surface area contributed by atoms with Crippen LogP contribution >= 0.6 is 11.3 Å². The van der Waals surface area contributed by atoms with Crippen LogP contribution in [0, 0.1) is 6.92 Å². The summed E-state index contributed by atoms with van der Waals surface area (Å²) in [6.07, 6.45) is 4.18. The van der Waals surface area contributed by atoms with Crippen molar-refractivity contribution in [3.05, 3.63) is 39.8 Å². The molecule has 126 valence electrons. The summed E-state index contributed by atoms with van der Waals surface area (Å²) in [5.41, 5.74) is 2.05. The molecule has 2 fully saturated rings. The molecular weight excluding hydrogens is 324 g/mol. The minimum atomic E-state index is -0.219. The number of nitrogens with one attached hydrogen (secondary N) is 1. The average molecular weight is 344 g/mol. The summed E-state index contributed by atoms with van der Waals surface area (Å²) in [7, 11) is 1.88. The number of aromatic nitrogens is 2. The van der Waals surface area contributed by atoms with Gasteiger partial charge in [0, 0.05) is 25.7 Å². The molecule has 3 heterocycles. The molecule has 0 spiro atoms. The van der Waals surface area contributed by atoms with Gasteiger partial charge in [0.1, 0.15) is 0 Å². The Morgan fingerprint density at radius 2 is 2.21 bits per heavy atom. The van der Waals surface area contributed by atoms with Crippen molar-refractivity contribution in [1.29, 1.82) is 0 Å². The molecule has 1 aliphatic heterocycles. The highest BCUT2D eigenvalue weighted by Gasteiger charge is 2.48. The lowest BCUT2D eigenvalue weighted by Crippen LogP contribution is -2.41. The number of rotatable bonds is 4. The summed E-state index contributed by atoms with van der Waals surface area (Å²) in [4.78, 5) is 27.8. The Bertz CT molecular complexity index is 792. The molecule has 1 N–H and O–H groups in total. The molecule has 2 aromatic rings. The summed E-state index contributed by atoms with van der Waals surface area (Å²) >= 11 is 1.43. The first-order valence-corrected chi connectivity index (χ1v) is 9.07. The molecule has 0 radical (unpaired) electrons. The molecule has 2 atom stereocenters. The SMILES string of the molecule is Cc1csc(C(=O)N[C@@H]2CC(=O)N(C3CC3)[C@H]2c2ccnn2C)c1. The highest BCUT2D eigenvalue weighted by Crippen LogP contribution is 2.41. The fraction of sp³-hybridized carbons (Fsp3) is 0.471. The molecule has 2 aliphatic rings. The highest BCUT2D eigenvalue weighted by atomic mass is 32.1. The Morgan fingerprint density at radius 3 is 2.79 bits per heavy atom. The fourth-order valence-corrected chi connectivity index (χ4v) is 4.28. The van der Waals surface area contributed by atoms with Crippen molar-refractivity contribution in [3.8, 4) is 0 Å². The van der Waals surface area contributed by atoms with Crippen molar-refractivity contribution in [1.82, 2.24) is 20.0 Å². The van der Waals surface area contributed by atoms with E-state index in [4.69, 9.17) is 0 Å². The molecule has 0 aromatic carbocycles. The Kier molecular flexibility index (Phi) is 3.68. The van der Waals surface area contributed by atoms with Gasteiger partial charge in [-0.3, -0.25) is 14.3 Å². The van der Waals surface area contributed by atoms with Gasteiger partial charge in [-0.1, -0.05) is 0 Å². The standard InChI is InChI=1S/C17H20N4O2S/c1-10-7-14(24-9-10)17(23)19-12-8-15(22)21(11-3-4-11)16(12)13-5-6-18-20(13)2/h5-7,9,11-12,16H,3-4,8H2,1-2H3,(H,19,23)/t12-,16-/m1/s1. The van der Waals surface area contributed by atoms with Crippen molar-refractivity contribution in [2.45, 2.75) is 44.3 Å². The van der Waals surface area contributed by atoms with Gasteiger partial charge in [0.05, 0.1) is 22.7 Å². The minimum Gasteiger partial charge on any atom is -0.346 e. The van der Waals surface area contributed by atoms with E-state index in [1.807, 2.05) is 36.4 Å². The minimum absolute atomic E-state index is 0.101. The largest absolute Gasteiger partial charge is 0.346 e. The van der Waals surface area contributed by atoms with Crippen LogP contribution in [0.2, 0.25) is 0 Å². The van der Waals surface area contributed by atoms with Crippen molar-refractivity contribution in [2.24, 2.45) is 7.05 Å². The molecule has 2 aromatic heterocycles. The molecule has 7 heteroatoms. The van der Waals surface area contributed by atoms with Crippen LogP contribution in [-0.2, 0) is 11.8 Å². The van der Waals surface area contributed by atoms with Crippen molar-refractivity contribution < 1.29 is 9.59 Å². The first-order chi connectivity index (χ1) is 11.5. The van der Waals surface area contributed by atoms with E-state index in [9.17, 15) is 9.59 Å². The van der Waals surface area contributed by atoms with Gasteiger partial charge in [-0.05, 0) is 42.8 Å². The monoisotopic (exact) mass is 344 g/mol. The zero-order chi connectivity index (χ0) is 16.8. The molecule has 0 bridgehead atoms. The Labute approximate surface area is 144 Å². The molecule has 4 rings (SSSR count). The summed E-state index contributed by atoms with van der Waals surface area (Å²) in [6, 6.07) is 3.77. The van der Waals surface area contributed by atoms with Crippen LogP contribution in [0.3, 0.4) is 0 Å². The second-order valence-electron chi connectivity index (χ2n) is 6.63. The first-order valence-electron chi connectivity index (χ1n) is 8.19. The number of hydrogen-bond donors (Lipinski definition) is 1. The summed E-state index contributed by atoms with van der Waals surface area (Å²) in [5, 5.41) is 9.29. The normalized spacial score (nSPS) is 23.8. The van der Waals surface area contributed by atoms with Crippen molar-refractivity contribution in [3.63, 3.8) is 0 Å². The first kappa shape index (κ1) is 15.4. The second-order valence-corrected chi connectivity index (χ2v) is 7.54. The topological polar surface area (TPSA) is 67.2 Å². The lowest BCUT2D eigenvalue weighted by Gasteiger charge is -2.28. The maximum absolute atomic E-state index is 12.6. The number of carbonyl (C=O) groups is 2. The average Bonchev–Trinajstić information content (AvgIpc) is 2.99. The predicted molar refractivity (Wildman–Crippen MR) is 90.7 cm³/mol. The number of hydrogen-bond acceptors (Lipinski definition) is 4. The van der Waals surface area contributed by atoms with Gasteiger partial charge in [-0.15, -0.1) is 11.3 Å². The van der Waals surface area contributed by atoms with Crippen molar-refractivity contribution >= 4 is 23.2 Å². The molecular formula is C17H20N4O2S. The molecule has 1 aliphatic carbocycles. The molecule has 0 unspecified atom stereocenters. The number of carbonyl (C=O) groups excluding carboxylic acids is 2. The number of aryl methyl sites for hydroxylation is 2. The van der Waals surface area contributed by atoms with Crippen LogP contribution in [-0.4, -0.2) is 38.6 Å². The second kappa shape index (κ2) is 5.73. The smallest absolute Gasteiger partial charge is 0.261 e. The zero-order valence-corrected chi connectivity index (χ0v) is 14.5. The van der Waals surface area contributed by atoms with Gasteiger partial charge in [-0.25, -0.2) is 0 Å². The van der Waals surface area contributed by atoms with Gasteiger partial charge in [0.25, 0.3) is 5.91 Å². The third kappa shape index (κ3) is 2.62. The number of thiophene rings is 1. The van der Waals surface area contributed by atoms with Crippen molar-refractivity contribution in [2.75, 3.05) is 0 Å². The van der Waals surface area contributed by atoms with Crippen LogP contribution in [0.15, 0.2) is 23.7 Å². The van der Waals surface area contributed by atoms with Crippen LogP contribution < -0.4 is 5.32 Å². The van der Waals surface area contributed by atoms with E-state index in [2.05, 4.69) is 10.4 Å². The van der Waals surface area contributed by atoms with E-state index >= 15 is 0 Å². The molecule has 1 saturated carbocycles. The van der Waals surface area contributed by atoms with Crippen LogP contribution in [0.1, 0.15) is 46.2 Å². The van der Waals surface area contributed by atoms with E-state index < -0.39 is 0 Å². The van der Waals surface area contributed by atoms with Gasteiger partial charge in [0.15, 0.2) is 0 Å². The van der Waals surface area contributed by atoms with E-state index in [-0.39, 0.29) is 23.9 Å². The third-order valence-corrected chi connectivity index (χ3v) is 5.78. The Balaban J connectivity index is 1.62. The maximum Gasteiger partial charge on any atom is 0.261 e. The van der Waals surface area contributed by atoms with Gasteiger partial charge >= 0.3 is 0 Å². The lowest BCUT2D eigenvalue weighted by molar-refractivity contribution is -0.129. The molecule has 24 heavy (non-hydrogen) atoms.